The molecule has 18 heavy (non-hydrogen) atoms. The molecule has 1 fully saturated rings. The average molecular weight is 276 g/mol. The zero-order valence-electron chi connectivity index (χ0n) is 12.7. The smallest absolute Gasteiger partial charge is 0.0788 e. The molecule has 0 aromatic heterocycles. The molecule has 1 aliphatic heterocycles. The molecule has 2 heteroatoms. The molecular weight excluding hydrogens is 242 g/mol. The lowest BCUT2D eigenvalue weighted by atomic mass is 10.1. The highest BCUT2D eigenvalue weighted by Crippen LogP contribution is 2.20. The van der Waals surface area contributed by atoms with E-state index < -0.39 is 0 Å². The first-order valence-electron chi connectivity index (χ1n) is 8.18. The summed E-state index contributed by atoms with van der Waals surface area (Å²) < 4.78 is 1.44. The summed E-state index contributed by atoms with van der Waals surface area (Å²) in [4.78, 5) is 0. The van der Waals surface area contributed by atoms with Gasteiger partial charge >= 0.3 is 0 Å². The van der Waals surface area contributed by atoms with Crippen molar-refractivity contribution in [2.24, 2.45) is 0 Å². The second-order valence-corrected chi connectivity index (χ2v) is 6.01. The summed E-state index contributed by atoms with van der Waals surface area (Å²) >= 11 is 0. The number of hydrogen-bond acceptors (Lipinski definition) is 0. The molecule has 0 aromatic rings. The van der Waals surface area contributed by atoms with Gasteiger partial charge in [0.15, 0.2) is 0 Å². The minimum atomic E-state index is 0. The Labute approximate surface area is 121 Å². The minimum Gasteiger partial charge on any atom is -1.00 e. The lowest BCUT2D eigenvalue weighted by Gasteiger charge is -2.33. The Morgan fingerprint density at radius 1 is 0.722 bits per heavy atom. The maximum atomic E-state index is 2.38. The van der Waals surface area contributed by atoms with Gasteiger partial charge in [-0.3, -0.25) is 0 Å². The van der Waals surface area contributed by atoms with Gasteiger partial charge in [0.25, 0.3) is 0 Å². The van der Waals surface area contributed by atoms with Crippen LogP contribution in [0.2, 0.25) is 0 Å². The van der Waals surface area contributed by atoms with E-state index >= 15 is 0 Å². The van der Waals surface area contributed by atoms with Gasteiger partial charge < -0.3 is 16.9 Å². The molecule has 0 aliphatic carbocycles. The Morgan fingerprint density at radius 2 is 1.22 bits per heavy atom. The Balaban J connectivity index is 0.00000289. The molecular formula is C16H34ClN. The Bertz CT molecular complexity index is 176. The Kier molecular flexibility index (Phi) is 11.3. The van der Waals surface area contributed by atoms with Gasteiger partial charge in [-0.05, 0) is 19.8 Å². The number of unbranched alkanes of at least 4 members (excludes halogenated alkanes) is 7. The summed E-state index contributed by atoms with van der Waals surface area (Å²) in [5.74, 6) is 0. The molecule has 1 rings (SSSR count). The molecule has 0 aromatic carbocycles. The molecule has 0 unspecified atom stereocenters. The van der Waals surface area contributed by atoms with Crippen molar-refractivity contribution in [2.45, 2.75) is 78.1 Å². The van der Waals surface area contributed by atoms with Gasteiger partial charge in [0, 0.05) is 12.8 Å². The third kappa shape index (κ3) is 6.99. The van der Waals surface area contributed by atoms with Crippen LogP contribution in [0.4, 0.5) is 0 Å². The highest BCUT2D eigenvalue weighted by Gasteiger charge is 2.28. The van der Waals surface area contributed by atoms with E-state index in [0.717, 1.165) is 0 Å². The van der Waals surface area contributed by atoms with E-state index in [-0.39, 0.29) is 12.4 Å². The SMILES string of the molecule is CCCCCCCCCC[N+]1(CC)CCCC1.[Cl-]. The highest BCUT2D eigenvalue weighted by molar-refractivity contribution is 4.55. The van der Waals surface area contributed by atoms with E-state index in [0.29, 0.717) is 0 Å². The zero-order valence-corrected chi connectivity index (χ0v) is 13.5. The summed E-state index contributed by atoms with van der Waals surface area (Å²) in [5, 5.41) is 0. The monoisotopic (exact) mass is 275 g/mol. The predicted octanol–water partition coefficient (Wildman–Crippen LogP) is 1.76. The molecule has 110 valence electrons. The zero-order chi connectivity index (χ0) is 12.4. The first-order valence-corrected chi connectivity index (χ1v) is 8.18. The molecule has 0 bridgehead atoms. The van der Waals surface area contributed by atoms with Gasteiger partial charge in [-0.25, -0.2) is 0 Å². The van der Waals surface area contributed by atoms with Crippen LogP contribution in [0.5, 0.6) is 0 Å². The predicted molar refractivity (Wildman–Crippen MR) is 77.2 cm³/mol. The largest absolute Gasteiger partial charge is 1.00 e. The first-order chi connectivity index (χ1) is 8.33. The van der Waals surface area contributed by atoms with Crippen molar-refractivity contribution in [3.8, 4) is 0 Å². The van der Waals surface area contributed by atoms with Crippen LogP contribution in [0.15, 0.2) is 0 Å². The van der Waals surface area contributed by atoms with Crippen LogP contribution in [-0.4, -0.2) is 30.7 Å². The van der Waals surface area contributed by atoms with Crippen molar-refractivity contribution >= 4 is 0 Å². The van der Waals surface area contributed by atoms with E-state index in [9.17, 15) is 0 Å². The third-order valence-electron chi connectivity index (χ3n) is 4.67. The molecule has 1 aliphatic rings. The fourth-order valence-electron chi connectivity index (χ4n) is 3.29. The molecule has 1 saturated heterocycles. The molecule has 0 N–H and O–H groups in total. The van der Waals surface area contributed by atoms with Crippen LogP contribution in [0.3, 0.4) is 0 Å². The number of nitrogens with zero attached hydrogens (tertiary/aromatic N) is 1. The maximum absolute atomic E-state index is 2.38. The van der Waals surface area contributed by atoms with E-state index in [1.807, 2.05) is 0 Å². The molecule has 0 saturated carbocycles. The van der Waals surface area contributed by atoms with Gasteiger partial charge in [0.1, 0.15) is 0 Å². The molecule has 0 spiro atoms. The topological polar surface area (TPSA) is 0 Å². The summed E-state index contributed by atoms with van der Waals surface area (Å²) in [7, 11) is 0. The van der Waals surface area contributed by atoms with Crippen molar-refractivity contribution in [3.63, 3.8) is 0 Å². The minimum absolute atomic E-state index is 0. The van der Waals surface area contributed by atoms with Crippen molar-refractivity contribution in [3.05, 3.63) is 0 Å². The normalized spacial score (nSPS) is 17.7. The third-order valence-corrected chi connectivity index (χ3v) is 4.67. The van der Waals surface area contributed by atoms with E-state index in [1.54, 1.807) is 0 Å². The molecule has 1 nitrogen and oxygen atoms in total. The lowest BCUT2D eigenvalue weighted by Crippen LogP contribution is -3.00. The van der Waals surface area contributed by atoms with Crippen LogP contribution < -0.4 is 12.4 Å². The standard InChI is InChI=1S/C16H34N.ClH/c1-3-5-6-7-8-9-10-11-14-17(4-2)15-12-13-16-17;/h3-16H2,1-2H3;1H/q+1;/p-1. The van der Waals surface area contributed by atoms with Crippen LogP contribution in [0.25, 0.3) is 0 Å². The van der Waals surface area contributed by atoms with Gasteiger partial charge in [-0.15, -0.1) is 0 Å². The Morgan fingerprint density at radius 3 is 1.72 bits per heavy atom. The first kappa shape index (κ1) is 18.2. The van der Waals surface area contributed by atoms with Crippen LogP contribution in [0.1, 0.15) is 78.1 Å². The summed E-state index contributed by atoms with van der Waals surface area (Å²) in [6, 6.07) is 0. The summed E-state index contributed by atoms with van der Waals surface area (Å²) in [5.41, 5.74) is 0. The molecule has 0 amide bonds. The second kappa shape index (κ2) is 11.1. The van der Waals surface area contributed by atoms with E-state index in [2.05, 4.69) is 13.8 Å². The van der Waals surface area contributed by atoms with Crippen LogP contribution >= 0.6 is 0 Å². The molecule has 0 radical (unpaired) electrons. The Hall–Kier alpha value is 0.250. The van der Waals surface area contributed by atoms with Crippen molar-refractivity contribution in [2.75, 3.05) is 26.2 Å². The van der Waals surface area contributed by atoms with Gasteiger partial charge in [0.05, 0.1) is 26.2 Å². The molecule has 1 heterocycles. The number of halogens is 1. The maximum Gasteiger partial charge on any atom is 0.0788 e. The fraction of sp³-hybridized carbons (Fsp3) is 1.00. The van der Waals surface area contributed by atoms with Gasteiger partial charge in [0.2, 0.25) is 0 Å². The van der Waals surface area contributed by atoms with Gasteiger partial charge in [-0.1, -0.05) is 45.4 Å². The number of hydrogen-bond donors (Lipinski definition) is 0. The number of quaternary nitrogens is 1. The summed E-state index contributed by atoms with van der Waals surface area (Å²) in [6.45, 7) is 10.4. The second-order valence-electron chi connectivity index (χ2n) is 6.01. The average Bonchev–Trinajstić information content (AvgIpc) is 2.82. The number of likely N-dealkylation sites (tertiary alicyclic amines) is 1. The van der Waals surface area contributed by atoms with Gasteiger partial charge in [-0.2, -0.15) is 0 Å². The van der Waals surface area contributed by atoms with Crippen molar-refractivity contribution in [1.29, 1.82) is 0 Å². The molecule has 0 atom stereocenters. The lowest BCUT2D eigenvalue weighted by molar-refractivity contribution is -0.915. The highest BCUT2D eigenvalue weighted by atomic mass is 35.5. The summed E-state index contributed by atoms with van der Waals surface area (Å²) in [6.07, 6.45) is 14.6. The van der Waals surface area contributed by atoms with Crippen molar-refractivity contribution < 1.29 is 16.9 Å². The number of rotatable bonds is 10. The van der Waals surface area contributed by atoms with E-state index in [1.165, 1.54) is 94.9 Å². The fourth-order valence-corrected chi connectivity index (χ4v) is 3.29. The quantitative estimate of drug-likeness (QED) is 0.421. The van der Waals surface area contributed by atoms with E-state index in [4.69, 9.17) is 0 Å². The van der Waals surface area contributed by atoms with Crippen LogP contribution in [0, 0.1) is 0 Å². The van der Waals surface area contributed by atoms with Crippen LogP contribution in [-0.2, 0) is 0 Å². The van der Waals surface area contributed by atoms with Crippen molar-refractivity contribution in [1.82, 2.24) is 0 Å².